The number of esters is 1. The lowest BCUT2D eigenvalue weighted by Crippen LogP contribution is -2.57. The van der Waals surface area contributed by atoms with Crippen molar-refractivity contribution in [3.63, 3.8) is 0 Å². The number of nitrogens with zero attached hydrogens (tertiary/aromatic N) is 2. The largest absolute Gasteiger partial charge is 0.467 e. The zero-order valence-electron chi connectivity index (χ0n) is 12.5. The van der Waals surface area contributed by atoms with E-state index in [1.807, 2.05) is 0 Å². The molecule has 6 nitrogen and oxygen atoms in total. The van der Waals surface area contributed by atoms with Crippen molar-refractivity contribution in [3.05, 3.63) is 0 Å². The molecule has 0 spiro atoms. The number of carbonyl (C=O) groups excluding carboxylic acids is 2. The van der Waals surface area contributed by atoms with E-state index in [2.05, 4.69) is 6.07 Å². The van der Waals surface area contributed by atoms with Crippen LogP contribution in [0.5, 0.6) is 0 Å². The molecule has 116 valence electrons. The van der Waals surface area contributed by atoms with Gasteiger partial charge in [0.05, 0.1) is 26.4 Å². The van der Waals surface area contributed by atoms with Gasteiger partial charge in [0.25, 0.3) is 0 Å². The summed E-state index contributed by atoms with van der Waals surface area (Å²) in [7, 11) is 1.30. The summed E-state index contributed by atoms with van der Waals surface area (Å²) in [5.41, 5.74) is -0.986. The molecule has 2 aliphatic rings. The minimum atomic E-state index is -0.986. The molecule has 1 aliphatic heterocycles. The van der Waals surface area contributed by atoms with E-state index in [1.165, 1.54) is 12.0 Å². The average molecular weight is 294 g/mol. The summed E-state index contributed by atoms with van der Waals surface area (Å²) in [6.45, 7) is 0.864. The van der Waals surface area contributed by atoms with Crippen molar-refractivity contribution in [1.29, 1.82) is 5.26 Å². The smallest absolute Gasteiger partial charge is 0.331 e. The highest BCUT2D eigenvalue weighted by Gasteiger charge is 2.45. The molecule has 2 fully saturated rings. The minimum Gasteiger partial charge on any atom is -0.467 e. The molecule has 0 N–H and O–H groups in total. The molecular formula is C15H22N2O4. The average Bonchev–Trinajstić information content (AvgIpc) is 2.80. The molecule has 1 heterocycles. The molecule has 21 heavy (non-hydrogen) atoms. The molecule has 0 radical (unpaired) electrons. The van der Waals surface area contributed by atoms with Gasteiger partial charge in [-0.2, -0.15) is 5.26 Å². The SMILES string of the molecule is COC(=O)C1COCCN1C(=O)C1(C#N)CCCCCC1. The third-order valence-corrected chi connectivity index (χ3v) is 4.44. The van der Waals surface area contributed by atoms with E-state index in [-0.39, 0.29) is 12.5 Å². The van der Waals surface area contributed by atoms with E-state index in [9.17, 15) is 14.9 Å². The van der Waals surface area contributed by atoms with Crippen LogP contribution in [0, 0.1) is 16.7 Å². The summed E-state index contributed by atoms with van der Waals surface area (Å²) < 4.78 is 10.0. The van der Waals surface area contributed by atoms with Gasteiger partial charge in [-0.3, -0.25) is 4.79 Å². The number of rotatable bonds is 2. The molecule has 0 aromatic carbocycles. The van der Waals surface area contributed by atoms with Crippen molar-refractivity contribution < 1.29 is 19.1 Å². The Morgan fingerprint density at radius 3 is 2.52 bits per heavy atom. The Labute approximate surface area is 125 Å². The number of hydrogen-bond donors (Lipinski definition) is 0. The molecule has 0 aromatic heterocycles. The van der Waals surface area contributed by atoms with Crippen LogP contribution in [-0.2, 0) is 19.1 Å². The first-order valence-electron chi connectivity index (χ1n) is 7.52. The van der Waals surface area contributed by atoms with Crippen LogP contribution in [0.4, 0.5) is 0 Å². The highest BCUT2D eigenvalue weighted by atomic mass is 16.5. The highest BCUT2D eigenvalue weighted by molar-refractivity contribution is 5.90. The van der Waals surface area contributed by atoms with E-state index < -0.39 is 17.4 Å². The highest BCUT2D eigenvalue weighted by Crippen LogP contribution is 2.37. The first-order chi connectivity index (χ1) is 10.1. The van der Waals surface area contributed by atoms with Crippen LogP contribution in [0.3, 0.4) is 0 Å². The second kappa shape index (κ2) is 6.90. The number of nitriles is 1. The van der Waals surface area contributed by atoms with Crippen LogP contribution in [0.2, 0.25) is 0 Å². The number of amides is 1. The van der Waals surface area contributed by atoms with Gasteiger partial charge >= 0.3 is 5.97 Å². The number of methoxy groups -OCH3 is 1. The summed E-state index contributed by atoms with van der Waals surface area (Å²) in [6, 6.07) is 1.52. The Balaban J connectivity index is 2.22. The first kappa shape index (κ1) is 15.8. The molecule has 1 amide bonds. The molecule has 1 saturated carbocycles. The molecule has 1 unspecified atom stereocenters. The molecule has 1 saturated heterocycles. The second-order valence-electron chi connectivity index (χ2n) is 5.72. The summed E-state index contributed by atoms with van der Waals surface area (Å²) in [6.07, 6.45) is 5.03. The van der Waals surface area contributed by atoms with Crippen molar-refractivity contribution in [3.8, 4) is 6.07 Å². The lowest BCUT2D eigenvalue weighted by Gasteiger charge is -2.38. The zero-order valence-corrected chi connectivity index (χ0v) is 12.5. The van der Waals surface area contributed by atoms with Crippen LogP contribution in [0.1, 0.15) is 38.5 Å². The van der Waals surface area contributed by atoms with Gasteiger partial charge in [-0.05, 0) is 12.8 Å². The van der Waals surface area contributed by atoms with E-state index in [4.69, 9.17) is 9.47 Å². The predicted octanol–water partition coefficient (Wildman–Crippen LogP) is 1.25. The Morgan fingerprint density at radius 2 is 1.95 bits per heavy atom. The Hall–Kier alpha value is -1.61. The number of carbonyl (C=O) groups is 2. The first-order valence-corrected chi connectivity index (χ1v) is 7.52. The van der Waals surface area contributed by atoms with Gasteiger partial charge in [0.2, 0.25) is 5.91 Å². The fraction of sp³-hybridized carbons (Fsp3) is 0.800. The van der Waals surface area contributed by atoms with Gasteiger partial charge in [0.15, 0.2) is 6.04 Å². The van der Waals surface area contributed by atoms with E-state index in [1.54, 1.807) is 0 Å². The molecule has 0 bridgehead atoms. The van der Waals surface area contributed by atoms with Crippen molar-refractivity contribution in [2.75, 3.05) is 26.9 Å². The van der Waals surface area contributed by atoms with Crippen LogP contribution < -0.4 is 0 Å². The molecule has 1 atom stereocenters. The molecule has 1 aliphatic carbocycles. The van der Waals surface area contributed by atoms with Crippen molar-refractivity contribution >= 4 is 11.9 Å². The number of morpholine rings is 1. The van der Waals surface area contributed by atoms with Gasteiger partial charge in [-0.25, -0.2) is 4.79 Å². The molecule has 6 heteroatoms. The molecule has 2 rings (SSSR count). The third kappa shape index (κ3) is 3.18. The molecule has 0 aromatic rings. The second-order valence-corrected chi connectivity index (χ2v) is 5.72. The normalized spacial score (nSPS) is 25.5. The van der Waals surface area contributed by atoms with Gasteiger partial charge in [-0.1, -0.05) is 25.7 Å². The number of hydrogen-bond acceptors (Lipinski definition) is 5. The number of ether oxygens (including phenoxy) is 2. The quantitative estimate of drug-likeness (QED) is 0.565. The van der Waals surface area contributed by atoms with Crippen molar-refractivity contribution in [1.82, 2.24) is 4.90 Å². The maximum Gasteiger partial charge on any atom is 0.331 e. The minimum absolute atomic E-state index is 0.139. The Kier molecular flexibility index (Phi) is 5.18. The Morgan fingerprint density at radius 1 is 1.29 bits per heavy atom. The van der Waals surface area contributed by atoms with Crippen molar-refractivity contribution in [2.45, 2.75) is 44.6 Å². The monoisotopic (exact) mass is 294 g/mol. The van der Waals surface area contributed by atoms with E-state index in [0.717, 1.165) is 25.7 Å². The van der Waals surface area contributed by atoms with Gasteiger partial charge < -0.3 is 14.4 Å². The maximum atomic E-state index is 12.9. The standard InChI is InChI=1S/C15H22N2O4/c1-20-13(18)12-10-21-9-8-17(12)14(19)15(11-16)6-4-2-3-5-7-15/h12H,2-10H2,1H3. The van der Waals surface area contributed by atoms with Crippen molar-refractivity contribution in [2.24, 2.45) is 5.41 Å². The van der Waals surface area contributed by atoms with E-state index >= 15 is 0 Å². The zero-order chi connectivity index (χ0) is 15.3. The summed E-state index contributed by atoms with van der Waals surface area (Å²) >= 11 is 0. The third-order valence-electron chi connectivity index (χ3n) is 4.44. The van der Waals surface area contributed by atoms with Gasteiger partial charge in [-0.15, -0.1) is 0 Å². The van der Waals surface area contributed by atoms with Crippen LogP contribution in [0.15, 0.2) is 0 Å². The predicted molar refractivity (Wildman–Crippen MR) is 74.1 cm³/mol. The Bertz CT molecular complexity index is 435. The van der Waals surface area contributed by atoms with Crippen LogP contribution in [0.25, 0.3) is 0 Å². The summed E-state index contributed by atoms with van der Waals surface area (Å²) in [5.74, 6) is -0.713. The topological polar surface area (TPSA) is 79.6 Å². The summed E-state index contributed by atoms with van der Waals surface area (Å²) in [5, 5.41) is 9.60. The summed E-state index contributed by atoms with van der Waals surface area (Å²) in [4.78, 5) is 26.3. The lowest BCUT2D eigenvalue weighted by molar-refractivity contribution is -0.164. The van der Waals surface area contributed by atoms with Crippen LogP contribution in [-0.4, -0.2) is 49.7 Å². The van der Waals surface area contributed by atoms with Gasteiger partial charge in [0, 0.05) is 6.54 Å². The fourth-order valence-corrected chi connectivity index (χ4v) is 3.16. The maximum absolute atomic E-state index is 12.9. The fourth-order valence-electron chi connectivity index (χ4n) is 3.16. The molecular weight excluding hydrogens is 272 g/mol. The van der Waals surface area contributed by atoms with Gasteiger partial charge in [0.1, 0.15) is 5.41 Å². The lowest BCUT2D eigenvalue weighted by atomic mass is 9.80. The van der Waals surface area contributed by atoms with Crippen LogP contribution >= 0.6 is 0 Å². The van der Waals surface area contributed by atoms with E-state index in [0.29, 0.717) is 26.0 Å².